The van der Waals surface area contributed by atoms with E-state index >= 15 is 0 Å². The Morgan fingerprint density at radius 3 is 2.90 bits per heavy atom. The lowest BCUT2D eigenvalue weighted by Crippen LogP contribution is -2.29. The molecule has 2 aromatic carbocycles. The van der Waals surface area contributed by atoms with Gasteiger partial charge >= 0.3 is 6.09 Å². The molecule has 3 heterocycles. The first-order valence-corrected chi connectivity index (χ1v) is 10.6. The maximum atomic E-state index is 11.6. The number of nitrogens with zero attached hydrogens (tertiary/aromatic N) is 2. The van der Waals surface area contributed by atoms with Crippen LogP contribution in [0.1, 0.15) is 41.5 Å². The number of ether oxygens (including phenoxy) is 1. The molecule has 7 heteroatoms. The van der Waals surface area contributed by atoms with Crippen molar-refractivity contribution in [2.24, 2.45) is 0 Å². The monoisotopic (exact) mass is 421 g/mol. The van der Waals surface area contributed by atoms with Crippen LogP contribution in [0, 0.1) is 0 Å². The summed E-state index contributed by atoms with van der Waals surface area (Å²) in [6, 6.07) is 9.97. The fraction of sp³-hybridized carbons (Fsp3) is 0.304. The molecule has 1 amide bonds. The Morgan fingerprint density at radius 2 is 2.03 bits per heavy atom. The Hall–Kier alpha value is -2.99. The molecule has 1 aromatic heterocycles. The molecule has 0 saturated carbocycles. The summed E-state index contributed by atoms with van der Waals surface area (Å²) in [6.45, 7) is 1.07. The smallest absolute Gasteiger partial charge is 0.407 e. The first-order valence-electron chi connectivity index (χ1n) is 10.3. The third kappa shape index (κ3) is 2.56. The highest BCUT2D eigenvalue weighted by atomic mass is 35.5. The predicted molar refractivity (Wildman–Crippen MR) is 113 cm³/mol. The van der Waals surface area contributed by atoms with Crippen LogP contribution in [-0.4, -0.2) is 32.6 Å². The van der Waals surface area contributed by atoms with Crippen molar-refractivity contribution in [3.8, 4) is 28.1 Å². The number of hydrogen-bond acceptors (Lipinski definition) is 3. The minimum Gasteiger partial charge on any atom is -0.488 e. The standard InChI is InChI=1S/C23H20ClN3O3/c24-13-3-4-14-12(10-13)11-30-21-16(14)6-5-15-17(21)7-8-18-20(15)26-22(25-18)19-2-1-9-27(19)23(28)29/h3-6,10,19H,1-2,7-9,11H2,(H,25,26)(H,28,29)/t19-/m0/s1. The van der Waals surface area contributed by atoms with Crippen molar-refractivity contribution in [1.82, 2.24) is 14.9 Å². The molecule has 2 N–H and O–H groups in total. The van der Waals surface area contributed by atoms with Gasteiger partial charge in [0.05, 0.1) is 11.7 Å². The van der Waals surface area contributed by atoms with Gasteiger partial charge in [0.15, 0.2) is 0 Å². The van der Waals surface area contributed by atoms with Crippen LogP contribution >= 0.6 is 11.6 Å². The number of aryl methyl sites for hydroxylation is 1. The van der Waals surface area contributed by atoms with Crippen LogP contribution in [0.3, 0.4) is 0 Å². The number of likely N-dealkylation sites (tertiary alicyclic amines) is 1. The zero-order valence-electron chi connectivity index (χ0n) is 16.2. The summed E-state index contributed by atoms with van der Waals surface area (Å²) in [4.78, 5) is 21.4. The second kappa shape index (κ2) is 6.51. The fourth-order valence-corrected chi connectivity index (χ4v) is 5.29. The number of aromatic nitrogens is 2. The Morgan fingerprint density at radius 1 is 1.20 bits per heavy atom. The minimum absolute atomic E-state index is 0.193. The number of nitrogens with one attached hydrogen (secondary N) is 1. The van der Waals surface area contributed by atoms with E-state index in [2.05, 4.69) is 23.2 Å². The van der Waals surface area contributed by atoms with Gasteiger partial charge in [-0.05, 0) is 55.0 Å². The Kier molecular flexibility index (Phi) is 3.87. The Balaban J connectivity index is 1.43. The third-order valence-corrected chi connectivity index (χ3v) is 6.72. The van der Waals surface area contributed by atoms with Gasteiger partial charge in [-0.3, -0.25) is 4.90 Å². The first-order chi connectivity index (χ1) is 14.6. The van der Waals surface area contributed by atoms with E-state index in [1.165, 1.54) is 16.0 Å². The van der Waals surface area contributed by atoms with E-state index in [1.54, 1.807) is 0 Å². The van der Waals surface area contributed by atoms with Gasteiger partial charge in [-0.1, -0.05) is 23.7 Å². The van der Waals surface area contributed by atoms with E-state index in [1.807, 2.05) is 12.1 Å². The molecule has 152 valence electrons. The van der Waals surface area contributed by atoms with E-state index in [-0.39, 0.29) is 6.04 Å². The van der Waals surface area contributed by atoms with Gasteiger partial charge in [-0.25, -0.2) is 9.78 Å². The zero-order valence-corrected chi connectivity index (χ0v) is 17.0. The van der Waals surface area contributed by atoms with Crippen LogP contribution in [0.2, 0.25) is 5.02 Å². The zero-order chi connectivity index (χ0) is 20.4. The lowest BCUT2D eigenvalue weighted by molar-refractivity contribution is 0.139. The van der Waals surface area contributed by atoms with Gasteiger partial charge in [0.1, 0.15) is 18.2 Å². The van der Waals surface area contributed by atoms with Crippen molar-refractivity contribution in [1.29, 1.82) is 0 Å². The highest BCUT2D eigenvalue weighted by Gasteiger charge is 2.34. The molecule has 1 atom stereocenters. The number of fused-ring (bicyclic) bond motifs is 7. The van der Waals surface area contributed by atoms with Crippen molar-refractivity contribution in [2.75, 3.05) is 6.54 Å². The highest BCUT2D eigenvalue weighted by molar-refractivity contribution is 6.30. The molecular weight excluding hydrogens is 402 g/mol. The van der Waals surface area contributed by atoms with Crippen molar-refractivity contribution >= 4 is 17.7 Å². The van der Waals surface area contributed by atoms with E-state index < -0.39 is 6.09 Å². The average molecular weight is 422 g/mol. The second-order valence-electron chi connectivity index (χ2n) is 8.14. The molecule has 0 bridgehead atoms. The Bertz CT molecular complexity index is 1200. The molecule has 6 rings (SSSR count). The predicted octanol–water partition coefficient (Wildman–Crippen LogP) is 5.20. The van der Waals surface area contributed by atoms with Gasteiger partial charge < -0.3 is 14.8 Å². The molecule has 1 fully saturated rings. The van der Waals surface area contributed by atoms with Gasteiger partial charge in [0.2, 0.25) is 0 Å². The molecule has 30 heavy (non-hydrogen) atoms. The van der Waals surface area contributed by atoms with Crippen molar-refractivity contribution < 1.29 is 14.6 Å². The number of carboxylic acid groups (broad SMARTS) is 1. The molecule has 1 saturated heterocycles. The normalized spacial score (nSPS) is 18.8. The van der Waals surface area contributed by atoms with Crippen LogP contribution in [0.5, 0.6) is 5.75 Å². The molecule has 6 nitrogen and oxygen atoms in total. The number of halogens is 1. The number of hydrogen-bond donors (Lipinski definition) is 2. The maximum Gasteiger partial charge on any atom is 0.407 e. The number of carbonyl (C=O) groups is 1. The molecule has 3 aliphatic rings. The van der Waals surface area contributed by atoms with Crippen LogP contribution in [-0.2, 0) is 19.4 Å². The SMILES string of the molecule is O=C(O)N1CCC[C@H]1c1nc2c([nH]1)CCc1c-2ccc2c1OCc1cc(Cl)ccc1-2. The molecule has 1 aliphatic carbocycles. The van der Waals surface area contributed by atoms with Crippen LogP contribution < -0.4 is 4.74 Å². The van der Waals surface area contributed by atoms with E-state index in [0.29, 0.717) is 13.2 Å². The summed E-state index contributed by atoms with van der Waals surface area (Å²) in [5.74, 6) is 1.69. The molecular formula is C23H20ClN3O3. The van der Waals surface area contributed by atoms with E-state index in [0.717, 1.165) is 70.4 Å². The fourth-order valence-electron chi connectivity index (χ4n) is 5.09. The first kappa shape index (κ1) is 17.8. The Labute approximate surface area is 178 Å². The number of benzene rings is 2. The summed E-state index contributed by atoms with van der Waals surface area (Å²) in [6.07, 6.45) is 2.49. The van der Waals surface area contributed by atoms with E-state index in [9.17, 15) is 9.90 Å². The summed E-state index contributed by atoms with van der Waals surface area (Å²) in [5.41, 5.74) is 7.63. The second-order valence-corrected chi connectivity index (χ2v) is 8.58. The lowest BCUT2D eigenvalue weighted by atomic mass is 9.86. The molecule has 0 radical (unpaired) electrons. The summed E-state index contributed by atoms with van der Waals surface area (Å²) in [7, 11) is 0. The summed E-state index contributed by atoms with van der Waals surface area (Å²) in [5, 5.41) is 10.2. The summed E-state index contributed by atoms with van der Waals surface area (Å²) < 4.78 is 6.19. The molecule has 0 unspecified atom stereocenters. The van der Waals surface area contributed by atoms with Crippen LogP contribution in [0.25, 0.3) is 22.4 Å². The minimum atomic E-state index is -0.881. The summed E-state index contributed by atoms with van der Waals surface area (Å²) >= 11 is 6.15. The van der Waals surface area contributed by atoms with Gasteiger partial charge in [-0.15, -0.1) is 0 Å². The maximum absolute atomic E-state index is 11.6. The van der Waals surface area contributed by atoms with Gasteiger partial charge in [0.25, 0.3) is 0 Å². The van der Waals surface area contributed by atoms with Crippen LogP contribution in [0.15, 0.2) is 30.3 Å². The van der Waals surface area contributed by atoms with Gasteiger partial charge in [0, 0.05) is 34.0 Å². The third-order valence-electron chi connectivity index (χ3n) is 6.48. The largest absolute Gasteiger partial charge is 0.488 e. The molecule has 2 aliphatic heterocycles. The van der Waals surface area contributed by atoms with Crippen molar-refractivity contribution in [2.45, 2.75) is 38.3 Å². The topological polar surface area (TPSA) is 78.5 Å². The number of imidazole rings is 1. The number of amides is 1. The average Bonchev–Trinajstić information content (AvgIpc) is 3.39. The molecule has 3 aromatic rings. The quantitative estimate of drug-likeness (QED) is 0.565. The molecule has 0 spiro atoms. The van der Waals surface area contributed by atoms with Gasteiger partial charge in [-0.2, -0.15) is 0 Å². The highest BCUT2D eigenvalue weighted by Crippen LogP contribution is 2.47. The number of H-pyrrole nitrogens is 1. The van der Waals surface area contributed by atoms with E-state index in [4.69, 9.17) is 21.3 Å². The number of rotatable bonds is 1. The van der Waals surface area contributed by atoms with Crippen molar-refractivity contribution in [3.05, 3.63) is 58.0 Å². The lowest BCUT2D eigenvalue weighted by Gasteiger charge is -2.26. The van der Waals surface area contributed by atoms with Crippen molar-refractivity contribution in [3.63, 3.8) is 0 Å². The van der Waals surface area contributed by atoms with Crippen LogP contribution in [0.4, 0.5) is 4.79 Å². The number of aromatic amines is 1.